The molecule has 0 saturated carbocycles. The molecule has 0 aromatic rings. The number of phosphoric acid groups is 2. The maximum absolute atomic E-state index is 13.1. The number of aliphatic hydroxyl groups is 1. The molecule has 19 heteroatoms. The highest BCUT2D eigenvalue weighted by molar-refractivity contribution is 7.47. The van der Waals surface area contributed by atoms with Crippen molar-refractivity contribution in [3.63, 3.8) is 0 Å². The maximum atomic E-state index is 13.1. The normalized spacial score (nSPS) is 15.1. The van der Waals surface area contributed by atoms with E-state index in [1.165, 1.54) is 0 Å². The molecule has 0 amide bonds. The van der Waals surface area contributed by atoms with Crippen molar-refractivity contribution in [1.82, 2.24) is 0 Å². The lowest BCUT2D eigenvalue weighted by molar-refractivity contribution is -0.160. The van der Waals surface area contributed by atoms with E-state index in [1.807, 2.05) is 42.5 Å². The van der Waals surface area contributed by atoms with Crippen molar-refractivity contribution in [3.05, 3.63) is 243 Å². The van der Waals surface area contributed by atoms with Gasteiger partial charge < -0.3 is 33.8 Å². The molecule has 0 aromatic heterocycles. The van der Waals surface area contributed by atoms with Gasteiger partial charge in [-0.1, -0.05) is 296 Å². The molecule has 5 unspecified atom stereocenters. The van der Waals surface area contributed by atoms with Crippen LogP contribution in [-0.4, -0.2) is 96.7 Å². The third-order valence-electron chi connectivity index (χ3n) is 14.9. The third-order valence-corrected chi connectivity index (χ3v) is 16.8. The molecule has 0 bridgehead atoms. The largest absolute Gasteiger partial charge is 0.472 e. The van der Waals surface area contributed by atoms with Gasteiger partial charge in [-0.2, -0.15) is 0 Å². The lowest BCUT2D eigenvalue weighted by Crippen LogP contribution is -2.30. The number of aliphatic hydroxyl groups excluding tert-OH is 1. The maximum Gasteiger partial charge on any atom is 0.472 e. The van der Waals surface area contributed by atoms with Crippen molar-refractivity contribution in [2.75, 3.05) is 39.6 Å². The Balaban J connectivity index is 5.60. The molecule has 0 fully saturated rings. The van der Waals surface area contributed by atoms with Crippen LogP contribution >= 0.6 is 15.6 Å². The van der Waals surface area contributed by atoms with E-state index in [4.69, 9.17) is 37.0 Å². The Morgan fingerprint density at radius 3 is 0.796 bits per heavy atom. The van der Waals surface area contributed by atoms with Crippen LogP contribution in [0.2, 0.25) is 0 Å². The molecule has 0 aromatic carbocycles. The Morgan fingerprint density at radius 2 is 0.500 bits per heavy atom. The standard InChI is InChI=1S/C89H134O17P2/c1-5-9-13-17-21-25-29-33-37-39-41-43-47-49-53-57-61-65-69-73-86(91)99-79-84(105-88(93)75-71-67-63-59-55-51-45-35-31-27-23-19-15-11-7-3)81-103-107(95,96)101-77-83(90)78-102-108(97,98)104-82-85(106-89(94)76-72-68-64-60-56-52-46-36-32-28-24-20-16-12-8-4)80-100-87(92)74-70-66-62-58-54-50-48-44-42-40-38-34-30-26-22-18-14-10-6-2/h9-16,21-28,33-38,41-46,49,53,55-56,59-61,65,67-68,71-72,83-85,90H,5-8,17-20,29-32,39-40,47-48,50-52,54,57-58,62-64,66,69-70,73-82H2,1-4H3,(H,95,96)(H,97,98)/b13-9-,14-10-,15-11-,16-12-,25-21-,26-22-,27-23-,28-24-,37-33-,38-34-,43-41-,44-42-,45-35-,46-36-,53-49-,59-55-,60-56-,65-61-,71-67-,72-68-. The van der Waals surface area contributed by atoms with Gasteiger partial charge in [0.05, 0.1) is 39.3 Å². The molecule has 0 aliphatic carbocycles. The Kier molecular flexibility index (Phi) is 72.8. The zero-order valence-electron chi connectivity index (χ0n) is 65.6. The minimum Gasteiger partial charge on any atom is -0.462 e. The number of carbonyl (C=O) groups is 4. The number of carbonyl (C=O) groups excluding carboxylic acids is 4. The van der Waals surface area contributed by atoms with E-state index in [-0.39, 0.29) is 25.7 Å². The molecule has 108 heavy (non-hydrogen) atoms. The van der Waals surface area contributed by atoms with E-state index < -0.39 is 97.5 Å². The summed E-state index contributed by atoms with van der Waals surface area (Å²) in [7, 11) is -10.1. The number of esters is 4. The number of hydrogen-bond acceptors (Lipinski definition) is 15. The van der Waals surface area contributed by atoms with Gasteiger partial charge in [0.2, 0.25) is 0 Å². The zero-order valence-corrected chi connectivity index (χ0v) is 67.4. The molecular formula is C89H134O17P2. The molecule has 0 aliphatic heterocycles. The number of phosphoric ester groups is 2. The summed E-state index contributed by atoms with van der Waals surface area (Å²) in [5, 5.41) is 10.6. The second-order valence-electron chi connectivity index (χ2n) is 24.8. The van der Waals surface area contributed by atoms with E-state index in [2.05, 4.69) is 204 Å². The predicted octanol–water partition coefficient (Wildman–Crippen LogP) is 23.2. The molecule has 602 valence electrons. The third kappa shape index (κ3) is 77.0. The van der Waals surface area contributed by atoms with Gasteiger partial charge in [0.1, 0.15) is 19.3 Å². The molecule has 5 atom stereocenters. The van der Waals surface area contributed by atoms with Gasteiger partial charge in [-0.25, -0.2) is 9.13 Å². The molecule has 0 radical (unpaired) electrons. The first-order valence-electron chi connectivity index (χ1n) is 39.3. The second kappa shape index (κ2) is 78.0. The van der Waals surface area contributed by atoms with Crippen molar-refractivity contribution >= 4 is 39.5 Å². The highest BCUT2D eigenvalue weighted by atomic mass is 31.2. The quantitative estimate of drug-likeness (QED) is 0.0169. The van der Waals surface area contributed by atoms with Crippen molar-refractivity contribution in [2.45, 2.75) is 251 Å². The Hall–Kier alpha value is -7.14. The van der Waals surface area contributed by atoms with Crippen molar-refractivity contribution in [2.24, 2.45) is 0 Å². The summed E-state index contributed by atoms with van der Waals surface area (Å²) in [6.07, 6.45) is 102. The summed E-state index contributed by atoms with van der Waals surface area (Å²) in [4.78, 5) is 72.9. The highest BCUT2D eigenvalue weighted by Gasteiger charge is 2.30. The average molecular weight is 1540 g/mol. The van der Waals surface area contributed by atoms with E-state index in [1.54, 1.807) is 24.3 Å². The Bertz CT molecular complexity index is 3010. The topological polar surface area (TPSA) is 237 Å². The number of allylic oxidation sites excluding steroid dienone is 38. The number of hydrogen-bond donors (Lipinski definition) is 3. The van der Waals surface area contributed by atoms with Crippen molar-refractivity contribution < 1.29 is 80.2 Å². The smallest absolute Gasteiger partial charge is 0.462 e. The fourth-order valence-electron chi connectivity index (χ4n) is 9.09. The first kappa shape index (κ1) is 101. The summed E-state index contributed by atoms with van der Waals surface area (Å²) >= 11 is 0. The molecule has 3 N–H and O–H groups in total. The fourth-order valence-corrected chi connectivity index (χ4v) is 10.7. The van der Waals surface area contributed by atoms with Crippen LogP contribution in [0, 0.1) is 0 Å². The van der Waals surface area contributed by atoms with Gasteiger partial charge >= 0.3 is 39.5 Å². The number of ether oxygens (including phenoxy) is 4. The van der Waals surface area contributed by atoms with E-state index in [0.29, 0.717) is 32.1 Å². The van der Waals surface area contributed by atoms with Crippen LogP contribution in [0.4, 0.5) is 0 Å². The molecular weight excluding hydrogens is 1400 g/mol. The molecule has 0 aliphatic rings. The summed E-state index contributed by atoms with van der Waals surface area (Å²) in [5.74, 6) is -2.63. The van der Waals surface area contributed by atoms with Gasteiger partial charge in [0.25, 0.3) is 0 Å². The van der Waals surface area contributed by atoms with Crippen LogP contribution in [0.15, 0.2) is 243 Å². The van der Waals surface area contributed by atoms with E-state index in [0.717, 1.165) is 148 Å². The van der Waals surface area contributed by atoms with Crippen LogP contribution in [0.1, 0.15) is 233 Å². The van der Waals surface area contributed by atoms with Gasteiger partial charge in [0, 0.05) is 12.8 Å². The van der Waals surface area contributed by atoms with E-state index in [9.17, 15) is 43.2 Å². The molecule has 0 spiro atoms. The van der Waals surface area contributed by atoms with Crippen LogP contribution < -0.4 is 0 Å². The number of unbranched alkanes of at least 4 members (excludes halogenated alkanes) is 6. The lowest BCUT2D eigenvalue weighted by Gasteiger charge is -2.21. The van der Waals surface area contributed by atoms with Crippen molar-refractivity contribution in [3.8, 4) is 0 Å². The van der Waals surface area contributed by atoms with E-state index >= 15 is 0 Å². The zero-order chi connectivity index (χ0) is 78.9. The minimum absolute atomic E-state index is 0.00307. The molecule has 0 saturated heterocycles. The van der Waals surface area contributed by atoms with Gasteiger partial charge in [0.15, 0.2) is 12.2 Å². The van der Waals surface area contributed by atoms with Gasteiger partial charge in [-0.3, -0.25) is 37.3 Å². The summed E-state index contributed by atoms with van der Waals surface area (Å²) in [6.45, 7) is 4.02. The van der Waals surface area contributed by atoms with Crippen LogP contribution in [-0.2, 0) is 65.4 Å². The van der Waals surface area contributed by atoms with Gasteiger partial charge in [-0.05, 0) is 154 Å². The average Bonchev–Trinajstić information content (AvgIpc) is 0.923. The van der Waals surface area contributed by atoms with Crippen LogP contribution in [0.25, 0.3) is 0 Å². The summed E-state index contributed by atoms with van der Waals surface area (Å²) < 4.78 is 68.2. The second-order valence-corrected chi connectivity index (χ2v) is 27.7. The SMILES string of the molecule is CC/C=C\C/C=C\C/C=C\C/C=C\C/C=C\C/C=C\CCC(=O)OCC(COP(=O)(O)OCC(O)COP(=O)(O)OCC(COC(=O)CCCCCCCC/C=C\C/C=C\C/C=C\C/C=C\CC)OC(=O)C/C=C\C/C=C\C/C=C\C/C=C\C/C=C\CC)OC(=O)C/C=C\C/C=C\C/C=C\C/C=C\C/C=C\CC. The first-order valence-corrected chi connectivity index (χ1v) is 42.3. The van der Waals surface area contributed by atoms with Crippen LogP contribution in [0.3, 0.4) is 0 Å². The highest BCUT2D eigenvalue weighted by Crippen LogP contribution is 2.45. The van der Waals surface area contributed by atoms with Gasteiger partial charge in [-0.15, -0.1) is 0 Å². The Morgan fingerprint density at radius 1 is 0.269 bits per heavy atom. The predicted molar refractivity (Wildman–Crippen MR) is 444 cm³/mol. The van der Waals surface area contributed by atoms with Crippen molar-refractivity contribution in [1.29, 1.82) is 0 Å². The Labute approximate surface area is 650 Å². The molecule has 0 rings (SSSR count). The summed E-state index contributed by atoms with van der Waals surface area (Å²) in [5.41, 5.74) is 0. The molecule has 0 heterocycles. The first-order chi connectivity index (χ1) is 52.7. The monoisotopic (exact) mass is 1540 g/mol. The number of rotatable bonds is 70. The summed E-state index contributed by atoms with van der Waals surface area (Å²) in [6, 6.07) is 0. The fraction of sp³-hybridized carbons (Fsp3) is 0.506. The van der Waals surface area contributed by atoms with Crippen LogP contribution in [0.5, 0.6) is 0 Å². The molecule has 17 nitrogen and oxygen atoms in total. The minimum atomic E-state index is -5.04. The lowest BCUT2D eigenvalue weighted by atomic mass is 10.1.